The molecular weight excluding hydrogens is 242 g/mol. The predicted molar refractivity (Wildman–Crippen MR) is 75.1 cm³/mol. The summed E-state index contributed by atoms with van der Waals surface area (Å²) in [4.78, 5) is 4.18. The number of hydrogen-bond donors (Lipinski definition) is 2. The Morgan fingerprint density at radius 3 is 3.05 bits per heavy atom. The monoisotopic (exact) mass is 265 g/mol. The lowest BCUT2D eigenvalue weighted by molar-refractivity contribution is 0.0122. The molecule has 2 heterocycles. The Morgan fingerprint density at radius 2 is 2.37 bits per heavy atom. The number of rotatable bonds is 5. The van der Waals surface area contributed by atoms with E-state index in [0.717, 1.165) is 31.3 Å². The third kappa shape index (κ3) is 4.95. The van der Waals surface area contributed by atoms with Gasteiger partial charge in [0, 0.05) is 20.2 Å². The summed E-state index contributed by atoms with van der Waals surface area (Å²) in [5, 5.41) is 6.51. The SMILES string of the molecule is CN=C(NCCC1CCCCO1)NCc1ccco1. The van der Waals surface area contributed by atoms with Crippen molar-refractivity contribution in [2.45, 2.75) is 38.3 Å². The third-order valence-electron chi connectivity index (χ3n) is 3.27. The van der Waals surface area contributed by atoms with Crippen LogP contribution >= 0.6 is 0 Å². The van der Waals surface area contributed by atoms with E-state index in [-0.39, 0.29) is 0 Å². The Balaban J connectivity index is 1.62. The van der Waals surface area contributed by atoms with Crippen molar-refractivity contribution in [2.24, 2.45) is 4.99 Å². The van der Waals surface area contributed by atoms with E-state index in [1.807, 2.05) is 12.1 Å². The first-order valence-corrected chi connectivity index (χ1v) is 6.97. The largest absolute Gasteiger partial charge is 0.467 e. The van der Waals surface area contributed by atoms with Crippen LogP contribution in [0.15, 0.2) is 27.8 Å². The maximum atomic E-state index is 5.70. The van der Waals surface area contributed by atoms with Crippen LogP contribution in [0.1, 0.15) is 31.4 Å². The van der Waals surface area contributed by atoms with Crippen molar-refractivity contribution < 1.29 is 9.15 Å². The van der Waals surface area contributed by atoms with Crippen molar-refractivity contribution in [1.82, 2.24) is 10.6 Å². The van der Waals surface area contributed by atoms with Crippen LogP contribution in [0.5, 0.6) is 0 Å². The van der Waals surface area contributed by atoms with Crippen LogP contribution in [0, 0.1) is 0 Å². The lowest BCUT2D eigenvalue weighted by Gasteiger charge is -2.22. The fraction of sp³-hybridized carbons (Fsp3) is 0.643. The van der Waals surface area contributed by atoms with Crippen LogP contribution in [0.25, 0.3) is 0 Å². The summed E-state index contributed by atoms with van der Waals surface area (Å²) >= 11 is 0. The van der Waals surface area contributed by atoms with Crippen molar-refractivity contribution in [3.63, 3.8) is 0 Å². The fourth-order valence-corrected chi connectivity index (χ4v) is 2.19. The zero-order valence-corrected chi connectivity index (χ0v) is 11.5. The molecule has 0 saturated carbocycles. The number of nitrogens with one attached hydrogen (secondary N) is 2. The zero-order valence-electron chi connectivity index (χ0n) is 11.5. The lowest BCUT2D eigenvalue weighted by Crippen LogP contribution is -2.38. The van der Waals surface area contributed by atoms with Gasteiger partial charge in [0.25, 0.3) is 0 Å². The second-order valence-corrected chi connectivity index (χ2v) is 4.71. The van der Waals surface area contributed by atoms with E-state index in [0.29, 0.717) is 12.6 Å². The fourth-order valence-electron chi connectivity index (χ4n) is 2.19. The van der Waals surface area contributed by atoms with Crippen LogP contribution in [0.4, 0.5) is 0 Å². The molecule has 1 unspecified atom stereocenters. The van der Waals surface area contributed by atoms with Gasteiger partial charge >= 0.3 is 0 Å². The standard InChI is InChI=1S/C14H23N3O2/c1-15-14(17-11-13-6-4-10-19-13)16-8-7-12-5-2-3-9-18-12/h4,6,10,12H,2-3,5,7-9,11H2,1H3,(H2,15,16,17). The molecule has 1 saturated heterocycles. The molecule has 0 radical (unpaired) electrons. The first kappa shape index (κ1) is 13.9. The van der Waals surface area contributed by atoms with E-state index in [4.69, 9.17) is 9.15 Å². The molecule has 5 nitrogen and oxygen atoms in total. The van der Waals surface area contributed by atoms with Gasteiger partial charge in [0.1, 0.15) is 5.76 Å². The second-order valence-electron chi connectivity index (χ2n) is 4.71. The molecule has 19 heavy (non-hydrogen) atoms. The van der Waals surface area contributed by atoms with Crippen LogP contribution in [-0.2, 0) is 11.3 Å². The molecule has 1 aliphatic heterocycles. The van der Waals surface area contributed by atoms with Gasteiger partial charge in [0.2, 0.25) is 0 Å². The van der Waals surface area contributed by atoms with Gasteiger partial charge in [0.05, 0.1) is 18.9 Å². The van der Waals surface area contributed by atoms with Crippen LogP contribution < -0.4 is 10.6 Å². The molecule has 2 rings (SSSR count). The molecule has 0 bridgehead atoms. The topological polar surface area (TPSA) is 58.8 Å². The molecule has 0 aromatic carbocycles. The number of hydrogen-bond acceptors (Lipinski definition) is 3. The van der Waals surface area contributed by atoms with Crippen molar-refractivity contribution in [3.05, 3.63) is 24.2 Å². The minimum Gasteiger partial charge on any atom is -0.467 e. The number of aliphatic imine (C=N–C) groups is 1. The molecular formula is C14H23N3O2. The van der Waals surface area contributed by atoms with Gasteiger partial charge in [-0.3, -0.25) is 4.99 Å². The Kier molecular flexibility index (Phi) is 5.75. The average molecular weight is 265 g/mol. The highest BCUT2D eigenvalue weighted by molar-refractivity contribution is 5.79. The van der Waals surface area contributed by atoms with E-state index in [1.54, 1.807) is 13.3 Å². The lowest BCUT2D eigenvalue weighted by atomic mass is 10.1. The summed E-state index contributed by atoms with van der Waals surface area (Å²) in [5.74, 6) is 1.70. The molecule has 0 amide bonds. The highest BCUT2D eigenvalue weighted by Crippen LogP contribution is 2.14. The van der Waals surface area contributed by atoms with Crippen molar-refractivity contribution in [1.29, 1.82) is 0 Å². The normalized spacial score (nSPS) is 20.3. The summed E-state index contributed by atoms with van der Waals surface area (Å²) < 4.78 is 11.0. The molecule has 2 N–H and O–H groups in total. The van der Waals surface area contributed by atoms with E-state index < -0.39 is 0 Å². The molecule has 1 atom stereocenters. The first-order chi connectivity index (χ1) is 9.38. The maximum absolute atomic E-state index is 5.70. The van der Waals surface area contributed by atoms with Gasteiger partial charge in [-0.1, -0.05) is 0 Å². The number of ether oxygens (including phenoxy) is 1. The van der Waals surface area contributed by atoms with Crippen LogP contribution in [-0.4, -0.2) is 32.3 Å². The van der Waals surface area contributed by atoms with Gasteiger partial charge in [-0.25, -0.2) is 0 Å². The number of nitrogens with zero attached hydrogens (tertiary/aromatic N) is 1. The van der Waals surface area contributed by atoms with Crippen molar-refractivity contribution >= 4 is 5.96 Å². The number of furan rings is 1. The van der Waals surface area contributed by atoms with E-state index in [9.17, 15) is 0 Å². The number of guanidine groups is 1. The van der Waals surface area contributed by atoms with Gasteiger partial charge in [-0.15, -0.1) is 0 Å². The first-order valence-electron chi connectivity index (χ1n) is 6.97. The van der Waals surface area contributed by atoms with E-state index in [2.05, 4.69) is 15.6 Å². The van der Waals surface area contributed by atoms with Crippen molar-refractivity contribution in [3.8, 4) is 0 Å². The van der Waals surface area contributed by atoms with Crippen LogP contribution in [0.2, 0.25) is 0 Å². The zero-order chi connectivity index (χ0) is 13.3. The molecule has 0 spiro atoms. The average Bonchev–Trinajstić information content (AvgIpc) is 2.97. The highest BCUT2D eigenvalue weighted by Gasteiger charge is 2.13. The molecule has 106 valence electrons. The molecule has 1 aromatic rings. The summed E-state index contributed by atoms with van der Waals surface area (Å²) in [6.07, 6.45) is 6.78. The summed E-state index contributed by atoms with van der Waals surface area (Å²) in [5.41, 5.74) is 0. The second kappa shape index (κ2) is 7.84. The summed E-state index contributed by atoms with van der Waals surface area (Å²) in [6, 6.07) is 3.82. The quantitative estimate of drug-likeness (QED) is 0.630. The summed E-state index contributed by atoms with van der Waals surface area (Å²) in [7, 11) is 1.77. The van der Waals surface area contributed by atoms with Gasteiger partial charge in [0.15, 0.2) is 5.96 Å². The Labute approximate surface area is 114 Å². The molecule has 5 heteroatoms. The van der Waals surface area contributed by atoms with E-state index >= 15 is 0 Å². The Morgan fingerprint density at radius 1 is 1.42 bits per heavy atom. The Bertz CT molecular complexity index is 370. The Hall–Kier alpha value is -1.49. The van der Waals surface area contributed by atoms with Crippen molar-refractivity contribution in [2.75, 3.05) is 20.2 Å². The van der Waals surface area contributed by atoms with Gasteiger partial charge in [-0.05, 0) is 37.8 Å². The molecule has 1 aliphatic rings. The minimum atomic E-state index is 0.407. The summed E-state index contributed by atoms with van der Waals surface area (Å²) in [6.45, 7) is 2.44. The van der Waals surface area contributed by atoms with E-state index in [1.165, 1.54) is 19.3 Å². The van der Waals surface area contributed by atoms with Gasteiger partial charge < -0.3 is 19.8 Å². The smallest absolute Gasteiger partial charge is 0.191 e. The molecule has 0 aliphatic carbocycles. The van der Waals surface area contributed by atoms with Crippen LogP contribution in [0.3, 0.4) is 0 Å². The highest BCUT2D eigenvalue weighted by atomic mass is 16.5. The molecule has 1 aromatic heterocycles. The molecule has 1 fully saturated rings. The maximum Gasteiger partial charge on any atom is 0.191 e. The minimum absolute atomic E-state index is 0.407. The van der Waals surface area contributed by atoms with Gasteiger partial charge in [-0.2, -0.15) is 0 Å². The third-order valence-corrected chi connectivity index (χ3v) is 3.27. The predicted octanol–water partition coefficient (Wildman–Crippen LogP) is 1.90.